The highest BCUT2D eigenvalue weighted by Crippen LogP contribution is 2.37. The molecule has 1 aromatic carbocycles. The lowest BCUT2D eigenvalue weighted by Gasteiger charge is -2.31. The van der Waals surface area contributed by atoms with E-state index in [1.807, 2.05) is 6.92 Å². The molecule has 21 heavy (non-hydrogen) atoms. The highest BCUT2D eigenvalue weighted by molar-refractivity contribution is 5.77. The van der Waals surface area contributed by atoms with Gasteiger partial charge in [0.05, 0.1) is 12.0 Å². The molecule has 0 aromatic heterocycles. The first kappa shape index (κ1) is 15.8. The Hall–Kier alpha value is -1.62. The monoisotopic (exact) mass is 295 g/mol. The van der Waals surface area contributed by atoms with Crippen molar-refractivity contribution in [3.05, 3.63) is 29.6 Å². The Bertz CT molecular complexity index is 514. The van der Waals surface area contributed by atoms with Crippen molar-refractivity contribution >= 4 is 5.97 Å². The van der Waals surface area contributed by atoms with E-state index in [9.17, 15) is 9.18 Å². The summed E-state index contributed by atoms with van der Waals surface area (Å²) < 4.78 is 24.2. The van der Waals surface area contributed by atoms with Crippen LogP contribution in [0.1, 0.15) is 32.3 Å². The Labute approximate surface area is 124 Å². The van der Waals surface area contributed by atoms with Gasteiger partial charge in [0.15, 0.2) is 0 Å². The predicted molar refractivity (Wildman–Crippen MR) is 77.5 cm³/mol. The van der Waals surface area contributed by atoms with E-state index >= 15 is 0 Å². The van der Waals surface area contributed by atoms with Gasteiger partial charge in [0.25, 0.3) is 0 Å². The predicted octanol–water partition coefficient (Wildman–Crippen LogP) is 2.44. The highest BCUT2D eigenvalue weighted by Gasteiger charge is 2.41. The fraction of sp³-hybridized carbons (Fsp3) is 0.562. The molecular weight excluding hydrogens is 273 g/mol. The smallest absolute Gasteiger partial charge is 0.313 e. The summed E-state index contributed by atoms with van der Waals surface area (Å²) in [7, 11) is 0. The van der Waals surface area contributed by atoms with Crippen molar-refractivity contribution in [2.45, 2.75) is 39.2 Å². The lowest BCUT2D eigenvalue weighted by Crippen LogP contribution is -2.43. The first-order valence-electron chi connectivity index (χ1n) is 7.37. The minimum Gasteiger partial charge on any atom is -0.490 e. The molecule has 0 amide bonds. The topological polar surface area (TPSA) is 61.5 Å². The van der Waals surface area contributed by atoms with Crippen LogP contribution in [0.15, 0.2) is 18.2 Å². The number of hydrogen-bond donors (Lipinski definition) is 1. The lowest BCUT2D eigenvalue weighted by molar-refractivity contribution is -0.156. The van der Waals surface area contributed by atoms with Crippen LogP contribution in [0.2, 0.25) is 0 Å². The second-order valence-corrected chi connectivity index (χ2v) is 5.46. The van der Waals surface area contributed by atoms with Gasteiger partial charge in [-0.25, -0.2) is 4.39 Å². The van der Waals surface area contributed by atoms with Crippen molar-refractivity contribution in [1.82, 2.24) is 0 Å². The van der Waals surface area contributed by atoms with Gasteiger partial charge in [-0.15, -0.1) is 0 Å². The third-order valence-corrected chi connectivity index (χ3v) is 4.16. The number of fused-ring (bicyclic) bond motifs is 1. The molecule has 0 fully saturated rings. The summed E-state index contributed by atoms with van der Waals surface area (Å²) >= 11 is 0. The van der Waals surface area contributed by atoms with Gasteiger partial charge in [-0.2, -0.15) is 0 Å². The van der Waals surface area contributed by atoms with E-state index in [2.05, 4.69) is 0 Å². The van der Waals surface area contributed by atoms with Gasteiger partial charge in [-0.05, 0) is 31.5 Å². The van der Waals surface area contributed by atoms with E-state index in [0.717, 1.165) is 5.56 Å². The van der Waals surface area contributed by atoms with Crippen LogP contribution in [0.25, 0.3) is 0 Å². The van der Waals surface area contributed by atoms with E-state index in [0.29, 0.717) is 31.6 Å². The maximum atomic E-state index is 13.2. The van der Waals surface area contributed by atoms with Crippen LogP contribution < -0.4 is 10.5 Å². The summed E-state index contributed by atoms with van der Waals surface area (Å²) in [5, 5.41) is 0. The number of halogens is 1. The zero-order valence-electron chi connectivity index (χ0n) is 12.5. The molecular formula is C16H22FNO3. The van der Waals surface area contributed by atoms with Crippen molar-refractivity contribution in [3.63, 3.8) is 0 Å². The fourth-order valence-corrected chi connectivity index (χ4v) is 2.81. The van der Waals surface area contributed by atoms with Crippen LogP contribution in [0.4, 0.5) is 4.39 Å². The SMILES string of the molecule is CCOC(=O)C(CC)(CN)CC1Cc2cc(F)ccc2O1. The molecule has 1 aromatic rings. The van der Waals surface area contributed by atoms with Gasteiger partial charge in [-0.3, -0.25) is 4.79 Å². The van der Waals surface area contributed by atoms with E-state index in [1.54, 1.807) is 13.0 Å². The maximum absolute atomic E-state index is 13.2. The van der Waals surface area contributed by atoms with Crippen LogP contribution in [-0.4, -0.2) is 25.2 Å². The molecule has 2 atom stereocenters. The molecule has 0 aliphatic carbocycles. The summed E-state index contributed by atoms with van der Waals surface area (Å²) in [6, 6.07) is 4.49. The molecule has 116 valence electrons. The molecule has 1 aliphatic heterocycles. The number of rotatable bonds is 6. The molecule has 1 heterocycles. The standard InChI is InChI=1S/C16H22FNO3/c1-3-16(10-18,15(19)20-4-2)9-13-8-11-7-12(17)5-6-14(11)21-13/h5-7,13H,3-4,8-10,18H2,1-2H3. The Morgan fingerprint density at radius 3 is 2.90 bits per heavy atom. The first-order valence-corrected chi connectivity index (χ1v) is 7.37. The number of ether oxygens (including phenoxy) is 2. The molecule has 0 saturated carbocycles. The van der Waals surface area contributed by atoms with Crippen molar-refractivity contribution in [3.8, 4) is 5.75 Å². The summed E-state index contributed by atoms with van der Waals surface area (Å²) in [4.78, 5) is 12.2. The number of hydrogen-bond acceptors (Lipinski definition) is 4. The van der Waals surface area contributed by atoms with Gasteiger partial charge < -0.3 is 15.2 Å². The molecule has 0 bridgehead atoms. The first-order chi connectivity index (χ1) is 10.0. The zero-order chi connectivity index (χ0) is 15.5. The normalized spacial score (nSPS) is 19.5. The van der Waals surface area contributed by atoms with Gasteiger partial charge in [0, 0.05) is 24.9 Å². The minimum absolute atomic E-state index is 0.172. The van der Waals surface area contributed by atoms with Crippen LogP contribution in [0, 0.1) is 11.2 Å². The Kier molecular flexibility index (Phi) is 4.83. The highest BCUT2D eigenvalue weighted by atomic mass is 19.1. The quantitative estimate of drug-likeness (QED) is 0.819. The molecule has 0 radical (unpaired) electrons. The average molecular weight is 295 g/mol. The van der Waals surface area contributed by atoms with Crippen LogP contribution in [-0.2, 0) is 16.0 Å². The third kappa shape index (κ3) is 3.18. The van der Waals surface area contributed by atoms with Crippen LogP contribution >= 0.6 is 0 Å². The number of benzene rings is 1. The molecule has 2 rings (SSSR count). The molecule has 0 saturated heterocycles. The average Bonchev–Trinajstić information content (AvgIpc) is 2.86. The fourth-order valence-electron chi connectivity index (χ4n) is 2.81. The third-order valence-electron chi connectivity index (χ3n) is 4.16. The Balaban J connectivity index is 2.11. The van der Waals surface area contributed by atoms with Gasteiger partial charge in [0.2, 0.25) is 0 Å². The van der Waals surface area contributed by atoms with Gasteiger partial charge in [0.1, 0.15) is 17.7 Å². The molecule has 0 spiro atoms. The van der Waals surface area contributed by atoms with E-state index in [4.69, 9.17) is 15.2 Å². The zero-order valence-corrected chi connectivity index (χ0v) is 12.5. The second kappa shape index (κ2) is 6.43. The molecule has 2 N–H and O–H groups in total. The lowest BCUT2D eigenvalue weighted by atomic mass is 9.79. The van der Waals surface area contributed by atoms with E-state index in [1.165, 1.54) is 12.1 Å². The Morgan fingerprint density at radius 2 is 2.29 bits per heavy atom. The maximum Gasteiger partial charge on any atom is 0.313 e. The van der Waals surface area contributed by atoms with Crippen molar-refractivity contribution in [2.75, 3.05) is 13.2 Å². The Morgan fingerprint density at radius 1 is 1.52 bits per heavy atom. The van der Waals surface area contributed by atoms with Crippen molar-refractivity contribution < 1.29 is 18.7 Å². The second-order valence-electron chi connectivity index (χ2n) is 5.46. The van der Waals surface area contributed by atoms with Crippen LogP contribution in [0.3, 0.4) is 0 Å². The van der Waals surface area contributed by atoms with E-state index in [-0.39, 0.29) is 24.4 Å². The van der Waals surface area contributed by atoms with Crippen LogP contribution in [0.5, 0.6) is 5.75 Å². The molecule has 1 aliphatic rings. The van der Waals surface area contributed by atoms with Gasteiger partial charge >= 0.3 is 5.97 Å². The van der Waals surface area contributed by atoms with Crippen molar-refractivity contribution in [1.29, 1.82) is 0 Å². The molecule has 5 heteroatoms. The summed E-state index contributed by atoms with van der Waals surface area (Å²) in [5.41, 5.74) is 5.94. The number of carbonyl (C=O) groups is 1. The van der Waals surface area contributed by atoms with E-state index < -0.39 is 5.41 Å². The minimum atomic E-state index is -0.735. The summed E-state index contributed by atoms with van der Waals surface area (Å²) in [6.45, 7) is 4.25. The summed E-state index contributed by atoms with van der Waals surface area (Å²) in [5.74, 6) is 0.136. The summed E-state index contributed by atoms with van der Waals surface area (Å²) in [6.07, 6.45) is 1.49. The number of esters is 1. The number of carbonyl (C=O) groups excluding carboxylic acids is 1. The number of nitrogens with two attached hydrogens (primary N) is 1. The molecule has 4 nitrogen and oxygen atoms in total. The van der Waals surface area contributed by atoms with Crippen molar-refractivity contribution in [2.24, 2.45) is 11.1 Å². The largest absolute Gasteiger partial charge is 0.490 e. The molecule has 2 unspecified atom stereocenters. The van der Waals surface area contributed by atoms with Gasteiger partial charge in [-0.1, -0.05) is 6.92 Å².